The lowest BCUT2D eigenvalue weighted by molar-refractivity contribution is -0.269. The summed E-state index contributed by atoms with van der Waals surface area (Å²) in [6.07, 6.45) is 13.3. The summed E-state index contributed by atoms with van der Waals surface area (Å²) < 4.78 is 10.7. The second-order valence-corrected chi connectivity index (χ2v) is 9.31. The first kappa shape index (κ1) is 28.8. The van der Waals surface area contributed by atoms with Gasteiger partial charge in [0.05, 0.1) is 13.2 Å². The fourth-order valence-corrected chi connectivity index (χ4v) is 3.54. The summed E-state index contributed by atoms with van der Waals surface area (Å²) in [5.74, 6) is 0. The van der Waals surface area contributed by atoms with E-state index in [1.54, 1.807) is 0 Å². The molecule has 0 amide bonds. The molecule has 1 aliphatic rings. The maximum absolute atomic E-state index is 9.85. The highest BCUT2D eigenvalue weighted by molar-refractivity contribution is 5.07. The van der Waals surface area contributed by atoms with Gasteiger partial charge in [-0.15, -0.1) is 0 Å². The Balaban J connectivity index is 2.16. The largest absolute Gasteiger partial charge is 0.388 e. The molecule has 0 bridgehead atoms. The monoisotopic (exact) mass is 450 g/mol. The van der Waals surface area contributed by atoms with Gasteiger partial charge in [-0.2, -0.15) is 0 Å². The van der Waals surface area contributed by atoms with E-state index in [0.717, 1.165) is 51.4 Å². The highest BCUT2D eigenvalue weighted by atomic mass is 16.7. The van der Waals surface area contributed by atoms with Crippen molar-refractivity contribution < 1.29 is 24.8 Å². The minimum Gasteiger partial charge on any atom is -0.388 e. The number of allylic oxidation sites excluding steroid dienone is 8. The summed E-state index contributed by atoms with van der Waals surface area (Å²) in [5.41, 5.74) is 5.70. The molecule has 1 heterocycles. The van der Waals surface area contributed by atoms with Crippen LogP contribution in [0.5, 0.6) is 0 Å². The summed E-state index contributed by atoms with van der Waals surface area (Å²) >= 11 is 0. The van der Waals surface area contributed by atoms with Crippen LogP contribution in [0.1, 0.15) is 86.0 Å². The zero-order chi connectivity index (χ0) is 23.9. The number of aliphatic hydroxyl groups is 3. The molecule has 3 N–H and O–H groups in total. The molecule has 0 spiro atoms. The van der Waals surface area contributed by atoms with Gasteiger partial charge in [0, 0.05) is 0 Å². The van der Waals surface area contributed by atoms with Crippen LogP contribution in [-0.4, -0.2) is 53.1 Å². The van der Waals surface area contributed by atoms with E-state index < -0.39 is 24.6 Å². The molecule has 0 aliphatic carbocycles. The predicted octanol–water partition coefficient (Wildman–Crippen LogP) is 5.37. The number of rotatable bonds is 14. The van der Waals surface area contributed by atoms with Crippen LogP contribution in [0.2, 0.25) is 0 Å². The van der Waals surface area contributed by atoms with Gasteiger partial charge >= 0.3 is 0 Å². The van der Waals surface area contributed by atoms with E-state index in [9.17, 15) is 15.3 Å². The van der Waals surface area contributed by atoms with Crippen LogP contribution >= 0.6 is 0 Å². The second kappa shape index (κ2) is 16.4. The highest BCUT2D eigenvalue weighted by Gasteiger charge is 2.37. The molecule has 32 heavy (non-hydrogen) atoms. The molecular weight excluding hydrogens is 404 g/mol. The van der Waals surface area contributed by atoms with Gasteiger partial charge in [-0.25, -0.2) is 0 Å². The number of hydrogen-bond acceptors (Lipinski definition) is 5. The Kier molecular flexibility index (Phi) is 14.7. The summed E-state index contributed by atoms with van der Waals surface area (Å²) in [5, 5.41) is 28.9. The minimum atomic E-state index is -1.22. The van der Waals surface area contributed by atoms with E-state index in [4.69, 9.17) is 9.47 Å². The van der Waals surface area contributed by atoms with Crippen molar-refractivity contribution in [3.63, 3.8) is 0 Å². The average molecular weight is 451 g/mol. The van der Waals surface area contributed by atoms with Gasteiger partial charge < -0.3 is 24.8 Å². The number of aliphatic hydroxyl groups excluding tert-OH is 3. The summed E-state index contributed by atoms with van der Waals surface area (Å²) in [6, 6.07) is 0. The maximum atomic E-state index is 9.85. The molecule has 4 atom stereocenters. The van der Waals surface area contributed by atoms with Crippen LogP contribution in [0, 0.1) is 0 Å². The Hall–Kier alpha value is -1.24. The van der Waals surface area contributed by atoms with Crippen molar-refractivity contribution in [2.45, 2.75) is 111 Å². The van der Waals surface area contributed by atoms with E-state index in [2.05, 4.69) is 58.9 Å². The fraction of sp³-hybridized carbons (Fsp3) is 0.704. The number of hydrogen-bond donors (Lipinski definition) is 3. The Morgan fingerprint density at radius 2 is 1.25 bits per heavy atom. The van der Waals surface area contributed by atoms with Crippen molar-refractivity contribution in [2.24, 2.45) is 0 Å². The normalized spacial score (nSPS) is 25.2. The van der Waals surface area contributed by atoms with Crippen molar-refractivity contribution in [2.75, 3.05) is 13.2 Å². The van der Waals surface area contributed by atoms with Gasteiger partial charge in [-0.3, -0.25) is 0 Å². The molecule has 0 aromatic rings. The molecule has 1 rings (SSSR count). The molecule has 1 unspecified atom stereocenters. The van der Waals surface area contributed by atoms with Crippen molar-refractivity contribution in [3.8, 4) is 0 Å². The Morgan fingerprint density at radius 1 is 0.750 bits per heavy atom. The third-order valence-electron chi connectivity index (χ3n) is 5.73. The van der Waals surface area contributed by atoms with Crippen LogP contribution in [0.3, 0.4) is 0 Å². The van der Waals surface area contributed by atoms with Crippen LogP contribution < -0.4 is 0 Å². The Morgan fingerprint density at radius 3 is 1.78 bits per heavy atom. The van der Waals surface area contributed by atoms with E-state index in [1.165, 1.54) is 22.3 Å². The first-order chi connectivity index (χ1) is 15.2. The summed E-state index contributed by atoms with van der Waals surface area (Å²) in [6.45, 7) is 11.3. The SMILES string of the molecule is CC(C)=CCCC(C)=CCCC(C)=CCCC(C)=CCCCOC1OC[C@@H](O)[C@H](O)[C@H]1O. The lowest BCUT2D eigenvalue weighted by Gasteiger charge is -2.34. The third kappa shape index (κ3) is 12.7. The molecule has 0 aromatic carbocycles. The summed E-state index contributed by atoms with van der Waals surface area (Å²) in [4.78, 5) is 0. The molecular formula is C27H46O5. The second-order valence-electron chi connectivity index (χ2n) is 9.31. The van der Waals surface area contributed by atoms with Crippen molar-refractivity contribution in [1.82, 2.24) is 0 Å². The average Bonchev–Trinajstić information content (AvgIpc) is 2.73. The predicted molar refractivity (Wildman–Crippen MR) is 131 cm³/mol. The maximum Gasteiger partial charge on any atom is 0.186 e. The Bertz CT molecular complexity index is 642. The molecule has 1 fully saturated rings. The molecule has 5 heteroatoms. The lowest BCUT2D eigenvalue weighted by atomic mass is 10.0. The van der Waals surface area contributed by atoms with E-state index >= 15 is 0 Å². The Labute approximate surface area is 195 Å². The molecule has 0 saturated carbocycles. The number of ether oxygens (including phenoxy) is 2. The van der Waals surface area contributed by atoms with Gasteiger partial charge in [-0.05, 0) is 86.0 Å². The van der Waals surface area contributed by atoms with Gasteiger partial charge in [0.15, 0.2) is 6.29 Å². The van der Waals surface area contributed by atoms with E-state index in [-0.39, 0.29) is 6.61 Å². The van der Waals surface area contributed by atoms with Gasteiger partial charge in [0.25, 0.3) is 0 Å². The third-order valence-corrected chi connectivity index (χ3v) is 5.73. The molecule has 184 valence electrons. The first-order valence-corrected chi connectivity index (χ1v) is 12.1. The molecule has 1 aliphatic heterocycles. The van der Waals surface area contributed by atoms with E-state index in [1.807, 2.05) is 0 Å². The van der Waals surface area contributed by atoms with Crippen molar-refractivity contribution in [1.29, 1.82) is 0 Å². The minimum absolute atomic E-state index is 0.0268. The van der Waals surface area contributed by atoms with Crippen LogP contribution in [0.4, 0.5) is 0 Å². The van der Waals surface area contributed by atoms with Gasteiger partial charge in [0.2, 0.25) is 0 Å². The standard InChI is InChI=1S/C27H46O5/c1-20(2)11-8-13-22(4)15-10-17-23(5)16-9-14-21(3)12-6-7-18-31-27-26(30)25(29)24(28)19-32-27/h11-12,15-16,24-30H,6-10,13-14,17-19H2,1-5H3/t24-,25+,26-,27?/m1/s1. The molecule has 0 aromatic heterocycles. The molecule has 5 nitrogen and oxygen atoms in total. The quantitative estimate of drug-likeness (QED) is 0.245. The molecule has 1 saturated heterocycles. The van der Waals surface area contributed by atoms with Crippen LogP contribution in [-0.2, 0) is 9.47 Å². The first-order valence-electron chi connectivity index (χ1n) is 12.1. The highest BCUT2D eigenvalue weighted by Crippen LogP contribution is 2.17. The zero-order valence-electron chi connectivity index (χ0n) is 20.8. The van der Waals surface area contributed by atoms with Gasteiger partial charge in [0.1, 0.15) is 18.3 Å². The van der Waals surface area contributed by atoms with Crippen molar-refractivity contribution >= 4 is 0 Å². The topological polar surface area (TPSA) is 79.2 Å². The van der Waals surface area contributed by atoms with Crippen LogP contribution in [0.15, 0.2) is 46.6 Å². The number of unbranched alkanes of at least 4 members (excludes halogenated alkanes) is 1. The fourth-order valence-electron chi connectivity index (χ4n) is 3.54. The molecule has 0 radical (unpaired) electrons. The van der Waals surface area contributed by atoms with Crippen molar-refractivity contribution in [3.05, 3.63) is 46.6 Å². The lowest BCUT2D eigenvalue weighted by Crippen LogP contribution is -2.53. The smallest absolute Gasteiger partial charge is 0.186 e. The van der Waals surface area contributed by atoms with Crippen LogP contribution in [0.25, 0.3) is 0 Å². The van der Waals surface area contributed by atoms with Gasteiger partial charge in [-0.1, -0.05) is 46.6 Å². The summed E-state index contributed by atoms with van der Waals surface area (Å²) in [7, 11) is 0. The zero-order valence-corrected chi connectivity index (χ0v) is 20.8. The van der Waals surface area contributed by atoms with E-state index in [0.29, 0.717) is 6.61 Å².